The molecule has 4 aliphatic rings. The third-order valence-corrected chi connectivity index (χ3v) is 16.6. The van der Waals surface area contributed by atoms with Gasteiger partial charge in [-0.3, -0.25) is 0 Å². The molecule has 0 radical (unpaired) electrons. The van der Waals surface area contributed by atoms with Gasteiger partial charge in [-0.15, -0.1) is 0 Å². The largest absolute Gasteiger partial charge is 0.0955 e. The average Bonchev–Trinajstić information content (AvgIpc) is 3.28. The van der Waals surface area contributed by atoms with E-state index in [2.05, 4.69) is 27.7 Å². The van der Waals surface area contributed by atoms with Gasteiger partial charge in [0.15, 0.2) is 0 Å². The molecule has 0 N–H and O–H groups in total. The molecule has 2 heterocycles. The van der Waals surface area contributed by atoms with Crippen molar-refractivity contribution in [1.29, 1.82) is 0 Å². The van der Waals surface area contributed by atoms with Gasteiger partial charge >= 0.3 is 0 Å². The van der Waals surface area contributed by atoms with Crippen molar-refractivity contribution in [2.75, 3.05) is 12.3 Å². The van der Waals surface area contributed by atoms with E-state index in [1.165, 1.54) is 49.8 Å². The van der Waals surface area contributed by atoms with Crippen LogP contribution in [-0.2, 0) is 0 Å². The Labute approximate surface area is 153 Å². The molecule has 2 aliphatic carbocycles. The van der Waals surface area contributed by atoms with Crippen LogP contribution < -0.4 is 0 Å². The molecule has 0 amide bonds. The van der Waals surface area contributed by atoms with Gasteiger partial charge in [0.2, 0.25) is 0 Å². The minimum atomic E-state index is 0.401. The maximum atomic E-state index is 2.69. The van der Waals surface area contributed by atoms with E-state index < -0.39 is 0 Å². The lowest BCUT2D eigenvalue weighted by Gasteiger charge is -2.18. The number of hydrogen-bond acceptors (Lipinski definition) is 0. The average molecular weight is 367 g/mol. The zero-order valence-corrected chi connectivity index (χ0v) is 18.5. The molecule has 0 nitrogen and oxygen atoms in total. The van der Waals surface area contributed by atoms with Gasteiger partial charge in [0.05, 0.1) is 0 Å². The maximum Gasteiger partial charge on any atom is -0.00522 e. The van der Waals surface area contributed by atoms with Crippen molar-refractivity contribution in [3.8, 4) is 0 Å². The zero-order valence-electron chi connectivity index (χ0n) is 16.7. The lowest BCUT2D eigenvalue weighted by Crippen LogP contribution is -2.14. The highest BCUT2D eigenvalue weighted by Crippen LogP contribution is 2.83. The Morgan fingerprint density at radius 2 is 1.08 bits per heavy atom. The first-order chi connectivity index (χ1) is 11.4. The summed E-state index contributed by atoms with van der Waals surface area (Å²) in [5.74, 6) is 2.02. The predicted molar refractivity (Wildman–Crippen MR) is 112 cm³/mol. The third-order valence-electron chi connectivity index (χ3n) is 8.57. The van der Waals surface area contributed by atoms with Crippen LogP contribution in [0, 0.1) is 11.8 Å². The second-order valence-corrected chi connectivity index (χ2v) is 16.3. The van der Waals surface area contributed by atoms with E-state index in [1.807, 2.05) is 0 Å². The Morgan fingerprint density at radius 3 is 1.50 bits per heavy atom. The molecule has 0 spiro atoms. The molecule has 0 bridgehead atoms. The van der Waals surface area contributed by atoms with Gasteiger partial charge in [-0.2, -0.15) is 0 Å². The molecule has 4 rings (SSSR count). The molecule has 2 aliphatic heterocycles. The molecule has 0 aromatic carbocycles. The van der Waals surface area contributed by atoms with Crippen LogP contribution in [0.3, 0.4) is 0 Å². The molecule has 2 saturated heterocycles. The summed E-state index contributed by atoms with van der Waals surface area (Å²) < 4.78 is 0. The molecule has 2 heteroatoms. The minimum Gasteiger partial charge on any atom is -0.0955 e. The van der Waals surface area contributed by atoms with E-state index in [1.54, 1.807) is 38.0 Å². The Balaban J connectivity index is 1.31. The summed E-state index contributed by atoms with van der Waals surface area (Å²) in [6.07, 6.45) is 18.8. The normalized spacial score (nSPS) is 54.5. The fourth-order valence-corrected chi connectivity index (χ4v) is 15.0. The zero-order chi connectivity index (χ0) is 16.9. The fraction of sp³-hybridized carbons (Fsp3) is 1.00. The number of rotatable bonds is 3. The molecular weight excluding hydrogens is 326 g/mol. The van der Waals surface area contributed by atoms with Crippen LogP contribution in [0.2, 0.25) is 0 Å². The molecule has 0 aromatic rings. The molecular formula is C22H40P2. The number of fused-ring (bicyclic) bond motifs is 2. The first-order valence-corrected chi connectivity index (χ1v) is 14.2. The predicted octanol–water partition coefficient (Wildman–Crippen LogP) is 7.43. The molecule has 8 atom stereocenters. The Kier molecular flexibility index (Phi) is 5.16. The summed E-state index contributed by atoms with van der Waals surface area (Å²) in [4.78, 5) is 0. The van der Waals surface area contributed by atoms with Crippen molar-refractivity contribution in [1.82, 2.24) is 0 Å². The van der Waals surface area contributed by atoms with Gasteiger partial charge in [0.1, 0.15) is 0 Å². The van der Waals surface area contributed by atoms with Crippen LogP contribution in [-0.4, -0.2) is 34.0 Å². The molecule has 138 valence electrons. The fourth-order valence-electron chi connectivity index (χ4n) is 6.54. The first kappa shape index (κ1) is 18.2. The highest BCUT2D eigenvalue weighted by atomic mass is 31.1. The summed E-state index contributed by atoms with van der Waals surface area (Å²) in [6, 6.07) is 0. The lowest BCUT2D eigenvalue weighted by atomic mass is 9.88. The van der Waals surface area contributed by atoms with E-state index >= 15 is 0 Å². The van der Waals surface area contributed by atoms with E-state index in [-0.39, 0.29) is 0 Å². The van der Waals surface area contributed by atoms with Gasteiger partial charge in [0.25, 0.3) is 0 Å². The summed E-state index contributed by atoms with van der Waals surface area (Å²) >= 11 is 0. The second-order valence-electron chi connectivity index (χ2n) is 10.3. The highest BCUT2D eigenvalue weighted by Gasteiger charge is 2.62. The third kappa shape index (κ3) is 3.26. The van der Waals surface area contributed by atoms with Gasteiger partial charge < -0.3 is 0 Å². The minimum absolute atomic E-state index is 0.401. The van der Waals surface area contributed by atoms with E-state index in [9.17, 15) is 0 Å². The van der Waals surface area contributed by atoms with Crippen LogP contribution in [0.4, 0.5) is 0 Å². The van der Waals surface area contributed by atoms with Crippen molar-refractivity contribution in [3.05, 3.63) is 0 Å². The Bertz CT molecular complexity index is 421. The summed E-state index contributed by atoms with van der Waals surface area (Å²) in [7, 11) is 0.803. The van der Waals surface area contributed by atoms with Crippen LogP contribution in [0.15, 0.2) is 0 Å². The van der Waals surface area contributed by atoms with Crippen LogP contribution >= 0.6 is 15.8 Å². The quantitative estimate of drug-likeness (QED) is 0.455. The van der Waals surface area contributed by atoms with Crippen molar-refractivity contribution >= 4 is 15.8 Å². The van der Waals surface area contributed by atoms with Crippen molar-refractivity contribution in [3.63, 3.8) is 0 Å². The van der Waals surface area contributed by atoms with Crippen molar-refractivity contribution in [2.45, 2.75) is 114 Å². The summed E-state index contributed by atoms with van der Waals surface area (Å²) in [5, 5.41) is 1.66. The first-order valence-electron chi connectivity index (χ1n) is 11.0. The molecule has 24 heavy (non-hydrogen) atoms. The topological polar surface area (TPSA) is 0 Å². The monoisotopic (exact) mass is 366 g/mol. The van der Waals surface area contributed by atoms with Gasteiger partial charge in [-0.05, 0) is 71.5 Å². The van der Waals surface area contributed by atoms with Crippen LogP contribution in [0.5, 0.6) is 0 Å². The van der Waals surface area contributed by atoms with Gasteiger partial charge in [-0.25, -0.2) is 0 Å². The smallest absolute Gasteiger partial charge is 0.00522 e. The summed E-state index contributed by atoms with van der Waals surface area (Å²) in [5.41, 5.74) is 2.34. The Morgan fingerprint density at radius 1 is 0.667 bits per heavy atom. The van der Waals surface area contributed by atoms with E-state index in [0.29, 0.717) is 15.8 Å². The SMILES string of the molecule is CC1CCCC2(C)C(CC1)P2CCP1C2CCC(C)CCCC21C. The van der Waals surface area contributed by atoms with Gasteiger partial charge in [-0.1, -0.05) is 82.1 Å². The van der Waals surface area contributed by atoms with E-state index in [4.69, 9.17) is 0 Å². The van der Waals surface area contributed by atoms with Crippen molar-refractivity contribution < 1.29 is 0 Å². The molecule has 2 saturated carbocycles. The highest BCUT2D eigenvalue weighted by molar-refractivity contribution is 7.72. The number of hydrogen-bond donors (Lipinski definition) is 0. The standard InChI is InChI=1S/C22H40P2/c1-17-7-5-13-21(3)19(11-9-17)23(21)15-16-24-20-12-10-18(2)8-6-14-22(20,24)4/h17-20H,5-16H2,1-4H3. The molecule has 8 unspecified atom stereocenters. The second kappa shape index (κ2) is 6.79. The van der Waals surface area contributed by atoms with Gasteiger partial charge in [0, 0.05) is 0 Å². The lowest BCUT2D eigenvalue weighted by molar-refractivity contribution is 0.400. The molecule has 0 aromatic heterocycles. The maximum absolute atomic E-state index is 2.69. The Hall–Kier alpha value is 0.860. The molecule has 4 fully saturated rings. The van der Waals surface area contributed by atoms with Crippen molar-refractivity contribution in [2.24, 2.45) is 11.8 Å². The van der Waals surface area contributed by atoms with Crippen LogP contribution in [0.1, 0.15) is 91.9 Å². The summed E-state index contributed by atoms with van der Waals surface area (Å²) in [6.45, 7) is 10.4. The van der Waals surface area contributed by atoms with Crippen LogP contribution in [0.25, 0.3) is 0 Å². The van der Waals surface area contributed by atoms with E-state index in [0.717, 1.165) is 22.1 Å².